The lowest BCUT2D eigenvalue weighted by Gasteiger charge is -2.26. The normalized spacial score (nSPS) is 11.4. The first-order valence-electron chi connectivity index (χ1n) is 5.51. The topological polar surface area (TPSA) is 41.6 Å². The van der Waals surface area contributed by atoms with E-state index in [1.165, 1.54) is 0 Å². The van der Waals surface area contributed by atoms with E-state index in [9.17, 15) is 4.79 Å². The number of nitrogens with zero attached hydrogens (tertiary/aromatic N) is 1. The van der Waals surface area contributed by atoms with Gasteiger partial charge in [0.2, 0.25) is 5.91 Å². The Kier molecular flexibility index (Phi) is 4.12. The van der Waals surface area contributed by atoms with Gasteiger partial charge in [0.1, 0.15) is 5.75 Å². The first kappa shape index (κ1) is 13.5. The van der Waals surface area contributed by atoms with Gasteiger partial charge in [0, 0.05) is 14.1 Å². The van der Waals surface area contributed by atoms with Gasteiger partial charge in [0.15, 0.2) is 0 Å². The average molecular weight is 236 g/mol. The third-order valence-corrected chi connectivity index (χ3v) is 2.70. The van der Waals surface area contributed by atoms with Crippen LogP contribution < -0.4 is 10.2 Å². The zero-order valence-corrected chi connectivity index (χ0v) is 11.1. The van der Waals surface area contributed by atoms with Crippen LogP contribution in [0.2, 0.25) is 0 Å². The summed E-state index contributed by atoms with van der Waals surface area (Å²) in [6.07, 6.45) is 0. The van der Waals surface area contributed by atoms with Gasteiger partial charge in [-0.25, -0.2) is 5.01 Å². The molecule has 0 aliphatic heterocycles. The first-order chi connectivity index (χ1) is 7.87. The fourth-order valence-corrected chi connectivity index (χ4v) is 1.48. The molecule has 0 aromatic heterocycles. The molecule has 1 aromatic rings. The molecular formula is C13H20N2O2. The van der Waals surface area contributed by atoms with E-state index in [2.05, 4.69) is 5.43 Å². The summed E-state index contributed by atoms with van der Waals surface area (Å²) >= 11 is 0. The summed E-state index contributed by atoms with van der Waals surface area (Å²) in [7, 11) is 5.21. The number of amides is 1. The van der Waals surface area contributed by atoms with Crippen LogP contribution in [0, 0.1) is 0 Å². The number of rotatable bonds is 4. The van der Waals surface area contributed by atoms with Crippen LogP contribution in [-0.2, 0) is 10.2 Å². The molecule has 0 bridgehead atoms. The van der Waals surface area contributed by atoms with E-state index in [0.29, 0.717) is 0 Å². The molecule has 4 heteroatoms. The largest absolute Gasteiger partial charge is 0.497 e. The van der Waals surface area contributed by atoms with E-state index < -0.39 is 5.41 Å². The van der Waals surface area contributed by atoms with Crippen molar-refractivity contribution in [3.8, 4) is 5.75 Å². The molecule has 94 valence electrons. The molecular weight excluding hydrogens is 216 g/mol. The van der Waals surface area contributed by atoms with Crippen LogP contribution in [0.15, 0.2) is 24.3 Å². The molecule has 4 nitrogen and oxygen atoms in total. The predicted octanol–water partition coefficient (Wildman–Crippen LogP) is 1.57. The highest BCUT2D eigenvalue weighted by atomic mass is 16.5. The smallest absolute Gasteiger partial charge is 0.244 e. The minimum atomic E-state index is -0.573. The summed E-state index contributed by atoms with van der Waals surface area (Å²) in [6.45, 7) is 3.79. The number of carbonyl (C=O) groups excluding carboxylic acids is 1. The second-order valence-corrected chi connectivity index (χ2v) is 4.69. The van der Waals surface area contributed by atoms with Crippen molar-refractivity contribution < 1.29 is 9.53 Å². The van der Waals surface area contributed by atoms with Gasteiger partial charge in [0.25, 0.3) is 0 Å². The lowest BCUT2D eigenvalue weighted by Crippen LogP contribution is -2.46. The van der Waals surface area contributed by atoms with Crippen molar-refractivity contribution in [2.75, 3.05) is 21.2 Å². The number of hydrogen-bond donors (Lipinski definition) is 1. The minimum Gasteiger partial charge on any atom is -0.497 e. The number of nitrogens with one attached hydrogen (secondary N) is 1. The average Bonchev–Trinajstić information content (AvgIpc) is 2.28. The fourth-order valence-electron chi connectivity index (χ4n) is 1.48. The molecule has 0 fully saturated rings. The Balaban J connectivity index is 2.91. The highest BCUT2D eigenvalue weighted by Gasteiger charge is 2.30. The summed E-state index contributed by atoms with van der Waals surface area (Å²) in [5.41, 5.74) is 3.16. The maximum absolute atomic E-state index is 12.0. The van der Waals surface area contributed by atoms with Crippen molar-refractivity contribution in [1.29, 1.82) is 0 Å². The highest BCUT2D eigenvalue weighted by molar-refractivity contribution is 5.86. The number of carbonyl (C=O) groups is 1. The molecule has 1 amide bonds. The standard InChI is InChI=1S/C13H20N2O2/c1-13(2,12(16)14-15(3)4)10-6-8-11(17-5)9-7-10/h6-9H,1-5H3,(H,14,16). The van der Waals surface area contributed by atoms with Crippen LogP contribution in [0.1, 0.15) is 19.4 Å². The van der Waals surface area contributed by atoms with Gasteiger partial charge < -0.3 is 4.74 Å². The fraction of sp³-hybridized carbons (Fsp3) is 0.462. The lowest BCUT2D eigenvalue weighted by atomic mass is 9.84. The monoisotopic (exact) mass is 236 g/mol. The Labute approximate surface area is 103 Å². The quantitative estimate of drug-likeness (QED) is 0.807. The van der Waals surface area contributed by atoms with Crippen LogP contribution in [0.3, 0.4) is 0 Å². The molecule has 0 unspecified atom stereocenters. The molecule has 0 heterocycles. The van der Waals surface area contributed by atoms with Crippen molar-refractivity contribution in [1.82, 2.24) is 10.4 Å². The second-order valence-electron chi connectivity index (χ2n) is 4.69. The Morgan fingerprint density at radius 1 is 1.24 bits per heavy atom. The predicted molar refractivity (Wildman–Crippen MR) is 67.8 cm³/mol. The summed E-state index contributed by atoms with van der Waals surface area (Å²) < 4.78 is 5.10. The number of hydrazine groups is 1. The van der Waals surface area contributed by atoms with E-state index >= 15 is 0 Å². The summed E-state index contributed by atoms with van der Waals surface area (Å²) in [5.74, 6) is 0.755. The van der Waals surface area contributed by atoms with Gasteiger partial charge in [0.05, 0.1) is 12.5 Å². The van der Waals surface area contributed by atoms with Crippen molar-refractivity contribution in [3.63, 3.8) is 0 Å². The molecule has 0 spiro atoms. The molecule has 0 radical (unpaired) electrons. The van der Waals surface area contributed by atoms with Crippen LogP contribution >= 0.6 is 0 Å². The maximum Gasteiger partial charge on any atom is 0.244 e. The number of ether oxygens (including phenoxy) is 1. The Bertz CT molecular complexity index is 383. The van der Waals surface area contributed by atoms with Crippen molar-refractivity contribution in [2.45, 2.75) is 19.3 Å². The van der Waals surface area contributed by atoms with Gasteiger partial charge in [-0.05, 0) is 31.5 Å². The molecule has 0 saturated heterocycles. The second kappa shape index (κ2) is 5.19. The summed E-state index contributed by atoms with van der Waals surface area (Å²) in [5, 5.41) is 1.65. The van der Waals surface area contributed by atoms with E-state index in [0.717, 1.165) is 11.3 Å². The third kappa shape index (κ3) is 3.20. The molecule has 17 heavy (non-hydrogen) atoms. The Morgan fingerprint density at radius 2 is 1.76 bits per heavy atom. The molecule has 1 N–H and O–H groups in total. The number of hydrogen-bond acceptors (Lipinski definition) is 3. The molecule has 1 rings (SSSR count). The highest BCUT2D eigenvalue weighted by Crippen LogP contribution is 2.25. The maximum atomic E-state index is 12.0. The van der Waals surface area contributed by atoms with Crippen molar-refractivity contribution in [3.05, 3.63) is 29.8 Å². The summed E-state index contributed by atoms with van der Waals surface area (Å²) in [4.78, 5) is 12.0. The molecule has 0 aliphatic rings. The van der Waals surface area contributed by atoms with Gasteiger partial charge in [-0.15, -0.1) is 0 Å². The molecule has 0 aliphatic carbocycles. The molecule has 0 saturated carbocycles. The van der Waals surface area contributed by atoms with Gasteiger partial charge in [-0.1, -0.05) is 12.1 Å². The van der Waals surface area contributed by atoms with E-state index in [1.807, 2.05) is 38.1 Å². The number of benzene rings is 1. The zero-order chi connectivity index (χ0) is 13.1. The Hall–Kier alpha value is -1.55. The summed E-state index contributed by atoms with van der Waals surface area (Å²) in [6, 6.07) is 7.54. The number of methoxy groups -OCH3 is 1. The Morgan fingerprint density at radius 3 is 2.18 bits per heavy atom. The third-order valence-electron chi connectivity index (χ3n) is 2.70. The minimum absolute atomic E-state index is 0.0346. The SMILES string of the molecule is COc1ccc(C(C)(C)C(=O)NN(C)C)cc1. The van der Waals surface area contributed by atoms with E-state index in [4.69, 9.17) is 4.74 Å². The van der Waals surface area contributed by atoms with Crippen LogP contribution in [-0.4, -0.2) is 32.1 Å². The van der Waals surface area contributed by atoms with Crippen molar-refractivity contribution >= 4 is 5.91 Å². The van der Waals surface area contributed by atoms with Gasteiger partial charge in [-0.2, -0.15) is 0 Å². The first-order valence-corrected chi connectivity index (χ1v) is 5.51. The molecule has 0 atom stereocenters. The van der Waals surface area contributed by atoms with Gasteiger partial charge in [-0.3, -0.25) is 10.2 Å². The van der Waals surface area contributed by atoms with E-state index in [1.54, 1.807) is 26.2 Å². The van der Waals surface area contributed by atoms with Crippen LogP contribution in [0.5, 0.6) is 5.75 Å². The van der Waals surface area contributed by atoms with Crippen molar-refractivity contribution in [2.24, 2.45) is 0 Å². The van der Waals surface area contributed by atoms with Crippen LogP contribution in [0.25, 0.3) is 0 Å². The zero-order valence-electron chi connectivity index (χ0n) is 11.1. The van der Waals surface area contributed by atoms with E-state index in [-0.39, 0.29) is 5.91 Å². The van der Waals surface area contributed by atoms with Gasteiger partial charge >= 0.3 is 0 Å². The lowest BCUT2D eigenvalue weighted by molar-refractivity contribution is -0.129. The molecule has 1 aromatic carbocycles. The van der Waals surface area contributed by atoms with Crippen LogP contribution in [0.4, 0.5) is 0 Å².